The number of nitrogens with two attached hydrogens (primary N) is 1. The molecule has 1 aliphatic heterocycles. The molecule has 2 heterocycles. The smallest absolute Gasteiger partial charge is 0.188 e. The lowest BCUT2D eigenvalue weighted by molar-refractivity contribution is 0.354. The minimum atomic E-state index is 0. The van der Waals surface area contributed by atoms with E-state index in [0.29, 0.717) is 19.0 Å². The van der Waals surface area contributed by atoms with Gasteiger partial charge in [-0.25, -0.2) is 9.98 Å². The largest absolute Gasteiger partial charge is 0.493 e. The number of anilines is 1. The summed E-state index contributed by atoms with van der Waals surface area (Å²) in [6.07, 6.45) is 7.77. The van der Waals surface area contributed by atoms with Gasteiger partial charge in [0.25, 0.3) is 0 Å². The standard InChI is InChI=1S/C23H33N5O2.HI/c1-29-20-8-7-18(15-21(20)30-2)9-12-26-23(24)27-17-19-10-11-25-22(16-19)28-13-5-3-4-6-14-28;/h7-8,10-11,15-16H,3-6,9,12-14,17H2,1-2H3,(H3,24,26,27);1H. The van der Waals surface area contributed by atoms with E-state index in [4.69, 9.17) is 15.2 Å². The van der Waals surface area contributed by atoms with Crippen molar-refractivity contribution in [1.29, 1.82) is 0 Å². The Bertz CT molecular complexity index is 838. The van der Waals surface area contributed by atoms with Crippen molar-refractivity contribution < 1.29 is 9.47 Å². The van der Waals surface area contributed by atoms with E-state index in [2.05, 4.69) is 26.3 Å². The molecule has 2 aromatic rings. The first kappa shape index (κ1) is 25.0. The number of benzene rings is 1. The minimum absolute atomic E-state index is 0. The van der Waals surface area contributed by atoms with Crippen LogP contribution in [0.2, 0.25) is 0 Å². The number of halogens is 1. The maximum absolute atomic E-state index is 6.06. The van der Waals surface area contributed by atoms with Gasteiger partial charge in [0.2, 0.25) is 0 Å². The van der Waals surface area contributed by atoms with E-state index in [-0.39, 0.29) is 24.0 Å². The molecule has 7 nitrogen and oxygen atoms in total. The molecule has 31 heavy (non-hydrogen) atoms. The number of nitrogens with zero attached hydrogens (tertiary/aromatic N) is 3. The van der Waals surface area contributed by atoms with Gasteiger partial charge in [0.15, 0.2) is 17.5 Å². The van der Waals surface area contributed by atoms with Gasteiger partial charge in [-0.2, -0.15) is 0 Å². The maximum atomic E-state index is 6.06. The van der Waals surface area contributed by atoms with Crippen molar-refractivity contribution in [2.24, 2.45) is 10.7 Å². The van der Waals surface area contributed by atoms with Crippen LogP contribution in [0.5, 0.6) is 11.5 Å². The predicted octanol–water partition coefficient (Wildman–Crippen LogP) is 3.74. The van der Waals surface area contributed by atoms with E-state index < -0.39 is 0 Å². The van der Waals surface area contributed by atoms with Crippen molar-refractivity contribution in [3.05, 3.63) is 47.7 Å². The van der Waals surface area contributed by atoms with Crippen molar-refractivity contribution in [3.63, 3.8) is 0 Å². The van der Waals surface area contributed by atoms with Crippen LogP contribution in [0, 0.1) is 0 Å². The molecule has 0 bridgehead atoms. The highest BCUT2D eigenvalue weighted by molar-refractivity contribution is 14.0. The molecular weight excluding hydrogens is 505 g/mol. The highest BCUT2D eigenvalue weighted by Gasteiger charge is 2.11. The molecule has 3 rings (SSSR count). The molecule has 0 radical (unpaired) electrons. The number of methoxy groups -OCH3 is 2. The fraction of sp³-hybridized carbons (Fsp3) is 0.478. The third-order valence-corrected chi connectivity index (χ3v) is 5.34. The van der Waals surface area contributed by atoms with Gasteiger partial charge in [0, 0.05) is 25.8 Å². The monoisotopic (exact) mass is 539 g/mol. The number of aromatic nitrogens is 1. The molecule has 0 unspecified atom stereocenters. The van der Waals surface area contributed by atoms with Crippen molar-refractivity contribution in [3.8, 4) is 11.5 Å². The van der Waals surface area contributed by atoms with E-state index in [0.717, 1.165) is 48.0 Å². The lowest BCUT2D eigenvalue weighted by Crippen LogP contribution is -2.33. The summed E-state index contributed by atoms with van der Waals surface area (Å²) >= 11 is 0. The number of hydrogen-bond donors (Lipinski definition) is 2. The fourth-order valence-electron chi connectivity index (χ4n) is 3.64. The van der Waals surface area contributed by atoms with Gasteiger partial charge >= 0.3 is 0 Å². The SMILES string of the molecule is COc1ccc(CCNC(N)=NCc2ccnc(N3CCCCCC3)c2)cc1OC.I. The Kier molecular flexibility index (Phi) is 10.7. The number of ether oxygens (including phenoxy) is 2. The Balaban J connectivity index is 0.00000341. The summed E-state index contributed by atoms with van der Waals surface area (Å²) in [4.78, 5) is 11.4. The fourth-order valence-corrected chi connectivity index (χ4v) is 3.64. The predicted molar refractivity (Wildman–Crippen MR) is 137 cm³/mol. The highest BCUT2D eigenvalue weighted by atomic mass is 127. The molecule has 3 N–H and O–H groups in total. The second-order valence-corrected chi connectivity index (χ2v) is 7.49. The van der Waals surface area contributed by atoms with Crippen LogP contribution in [0.3, 0.4) is 0 Å². The molecule has 8 heteroatoms. The van der Waals surface area contributed by atoms with Gasteiger partial charge in [0.05, 0.1) is 20.8 Å². The van der Waals surface area contributed by atoms with E-state index in [1.165, 1.54) is 25.7 Å². The van der Waals surface area contributed by atoms with Crippen LogP contribution in [0.4, 0.5) is 5.82 Å². The molecule has 1 aromatic carbocycles. The zero-order chi connectivity index (χ0) is 21.2. The van der Waals surface area contributed by atoms with Crippen molar-refractivity contribution in [2.75, 3.05) is 38.8 Å². The van der Waals surface area contributed by atoms with Crippen LogP contribution in [0.1, 0.15) is 36.8 Å². The third kappa shape index (κ3) is 7.75. The lowest BCUT2D eigenvalue weighted by atomic mass is 10.1. The second kappa shape index (κ2) is 13.2. The minimum Gasteiger partial charge on any atom is -0.493 e. The number of guanidine groups is 1. The van der Waals surface area contributed by atoms with E-state index in [1.54, 1.807) is 14.2 Å². The maximum Gasteiger partial charge on any atom is 0.188 e. The van der Waals surface area contributed by atoms with E-state index >= 15 is 0 Å². The summed E-state index contributed by atoms with van der Waals surface area (Å²) in [5, 5.41) is 3.18. The number of rotatable bonds is 8. The quantitative estimate of drug-likeness (QED) is 0.302. The Morgan fingerprint density at radius 1 is 1.03 bits per heavy atom. The van der Waals surface area contributed by atoms with Crippen LogP contribution in [-0.4, -0.2) is 44.8 Å². The van der Waals surface area contributed by atoms with Crippen molar-refractivity contribution in [1.82, 2.24) is 10.3 Å². The Morgan fingerprint density at radius 2 is 1.77 bits per heavy atom. The molecule has 1 fully saturated rings. The average Bonchev–Trinajstić information content (AvgIpc) is 3.07. The van der Waals surface area contributed by atoms with Crippen LogP contribution < -0.4 is 25.4 Å². The number of pyridine rings is 1. The highest BCUT2D eigenvalue weighted by Crippen LogP contribution is 2.27. The molecule has 1 aliphatic rings. The molecule has 0 saturated carbocycles. The lowest BCUT2D eigenvalue weighted by Gasteiger charge is -2.21. The topological polar surface area (TPSA) is 85.0 Å². The Hall–Kier alpha value is -2.23. The zero-order valence-corrected chi connectivity index (χ0v) is 20.8. The molecule has 0 atom stereocenters. The molecule has 0 amide bonds. The van der Waals surface area contributed by atoms with Gasteiger partial charge in [-0.15, -0.1) is 24.0 Å². The van der Waals surface area contributed by atoms with Gasteiger partial charge in [0.1, 0.15) is 5.82 Å². The molecule has 1 saturated heterocycles. The summed E-state index contributed by atoms with van der Waals surface area (Å²) in [5.41, 5.74) is 8.32. The van der Waals surface area contributed by atoms with Crippen LogP contribution in [0.15, 0.2) is 41.5 Å². The summed E-state index contributed by atoms with van der Waals surface area (Å²) in [6.45, 7) is 3.40. The van der Waals surface area contributed by atoms with Crippen molar-refractivity contribution in [2.45, 2.75) is 38.6 Å². The van der Waals surface area contributed by atoms with Gasteiger partial charge in [-0.3, -0.25) is 0 Å². The van der Waals surface area contributed by atoms with Crippen LogP contribution >= 0.6 is 24.0 Å². The third-order valence-electron chi connectivity index (χ3n) is 5.34. The summed E-state index contributed by atoms with van der Waals surface area (Å²) in [6, 6.07) is 10.1. The van der Waals surface area contributed by atoms with Gasteiger partial charge in [-0.1, -0.05) is 18.9 Å². The van der Waals surface area contributed by atoms with Crippen molar-refractivity contribution >= 4 is 35.8 Å². The van der Waals surface area contributed by atoms with Crippen LogP contribution in [-0.2, 0) is 13.0 Å². The number of hydrogen-bond acceptors (Lipinski definition) is 5. The summed E-state index contributed by atoms with van der Waals surface area (Å²) in [7, 11) is 3.28. The molecule has 0 aliphatic carbocycles. The Morgan fingerprint density at radius 3 is 2.48 bits per heavy atom. The van der Waals surface area contributed by atoms with Gasteiger partial charge in [-0.05, 0) is 54.7 Å². The summed E-state index contributed by atoms with van der Waals surface area (Å²) < 4.78 is 10.6. The molecule has 0 spiro atoms. The van der Waals surface area contributed by atoms with E-state index in [1.807, 2.05) is 30.5 Å². The first-order valence-corrected chi connectivity index (χ1v) is 10.6. The second-order valence-electron chi connectivity index (χ2n) is 7.49. The molecular formula is C23H34IN5O2. The van der Waals surface area contributed by atoms with Gasteiger partial charge < -0.3 is 25.4 Å². The summed E-state index contributed by atoms with van der Waals surface area (Å²) in [5.74, 6) is 2.95. The number of aliphatic imine (C=N–C) groups is 1. The molecule has 170 valence electrons. The normalized spacial score (nSPS) is 14.4. The number of nitrogens with one attached hydrogen (secondary N) is 1. The average molecular weight is 539 g/mol. The molecule has 1 aromatic heterocycles. The van der Waals surface area contributed by atoms with Crippen LogP contribution in [0.25, 0.3) is 0 Å². The first-order valence-electron chi connectivity index (χ1n) is 10.6. The Labute approximate surface area is 202 Å². The van der Waals surface area contributed by atoms with E-state index in [9.17, 15) is 0 Å². The zero-order valence-electron chi connectivity index (χ0n) is 18.5. The first-order chi connectivity index (χ1) is 14.7.